The quantitative estimate of drug-likeness (QED) is 0.837. The second-order valence-electron chi connectivity index (χ2n) is 3.58. The van der Waals surface area contributed by atoms with E-state index in [0.717, 1.165) is 16.9 Å². The number of nitrogen functional groups attached to an aromatic ring is 1. The first kappa shape index (κ1) is 13.7. The van der Waals surface area contributed by atoms with Gasteiger partial charge in [0.05, 0.1) is 7.11 Å². The first-order chi connectivity index (χ1) is 9.01. The smallest absolute Gasteiger partial charge is 0.270 e. The minimum absolute atomic E-state index is 0.116. The van der Waals surface area contributed by atoms with E-state index in [0.29, 0.717) is 5.75 Å². The Kier molecular flexibility index (Phi) is 3.98. The van der Waals surface area contributed by atoms with Crippen LogP contribution in [0.5, 0.6) is 5.75 Å². The Balaban J connectivity index is 2.05. The maximum absolute atomic E-state index is 11.9. The maximum atomic E-state index is 11.9. The van der Waals surface area contributed by atoms with Crippen LogP contribution in [0.4, 0.5) is 5.13 Å². The van der Waals surface area contributed by atoms with Crippen molar-refractivity contribution in [1.29, 1.82) is 0 Å². The number of aromatic nitrogens is 2. The highest BCUT2D eigenvalue weighted by atomic mass is 32.2. The number of hydrogen-bond acceptors (Lipinski definition) is 7. The summed E-state index contributed by atoms with van der Waals surface area (Å²) in [6.07, 6.45) is 0. The third-order valence-electron chi connectivity index (χ3n) is 2.28. The molecule has 0 aliphatic carbocycles. The van der Waals surface area contributed by atoms with E-state index in [-0.39, 0.29) is 16.0 Å². The summed E-state index contributed by atoms with van der Waals surface area (Å²) in [6.45, 7) is 0.159. The van der Waals surface area contributed by atoms with E-state index in [1.165, 1.54) is 0 Å². The molecule has 0 radical (unpaired) electrons. The normalized spacial score (nSPS) is 11.4. The zero-order valence-corrected chi connectivity index (χ0v) is 11.7. The van der Waals surface area contributed by atoms with E-state index in [4.69, 9.17) is 10.5 Å². The van der Waals surface area contributed by atoms with Crippen molar-refractivity contribution < 1.29 is 13.2 Å². The van der Waals surface area contributed by atoms with Gasteiger partial charge in [-0.25, -0.2) is 13.1 Å². The largest absolute Gasteiger partial charge is 0.497 e. The number of nitrogens with two attached hydrogens (primary N) is 1. The number of nitrogens with one attached hydrogen (secondary N) is 1. The lowest BCUT2D eigenvalue weighted by molar-refractivity contribution is 0.414. The number of methoxy groups -OCH3 is 1. The number of hydrogen-bond donors (Lipinski definition) is 2. The molecule has 1 aromatic heterocycles. The summed E-state index contributed by atoms with van der Waals surface area (Å²) in [5.74, 6) is 0.712. The summed E-state index contributed by atoms with van der Waals surface area (Å²) in [5.41, 5.74) is 6.16. The molecule has 0 unspecified atom stereocenters. The highest BCUT2D eigenvalue weighted by molar-refractivity contribution is 7.91. The third-order valence-corrected chi connectivity index (χ3v) is 4.80. The summed E-state index contributed by atoms with van der Waals surface area (Å²) in [4.78, 5) is 0. The predicted octanol–water partition coefficient (Wildman–Crippen LogP) is 0.607. The van der Waals surface area contributed by atoms with Gasteiger partial charge >= 0.3 is 0 Å². The van der Waals surface area contributed by atoms with Crippen molar-refractivity contribution in [2.45, 2.75) is 10.9 Å². The fourth-order valence-electron chi connectivity index (χ4n) is 1.31. The lowest BCUT2D eigenvalue weighted by atomic mass is 10.2. The van der Waals surface area contributed by atoms with Gasteiger partial charge in [-0.2, -0.15) is 0 Å². The van der Waals surface area contributed by atoms with Crippen LogP contribution in [-0.2, 0) is 16.6 Å². The Morgan fingerprint density at radius 1 is 1.32 bits per heavy atom. The SMILES string of the molecule is COc1ccc(CNS(=O)(=O)c2nnc(N)s2)cc1. The molecular weight excluding hydrogens is 288 g/mol. The molecular formula is C10H12N4O3S2. The van der Waals surface area contributed by atoms with Crippen molar-refractivity contribution in [2.75, 3.05) is 12.8 Å². The van der Waals surface area contributed by atoms with Gasteiger partial charge in [-0.1, -0.05) is 23.5 Å². The van der Waals surface area contributed by atoms with Crippen LogP contribution in [0.15, 0.2) is 28.6 Å². The van der Waals surface area contributed by atoms with Crippen molar-refractivity contribution in [3.8, 4) is 5.75 Å². The molecule has 19 heavy (non-hydrogen) atoms. The van der Waals surface area contributed by atoms with Crippen LogP contribution in [-0.4, -0.2) is 25.7 Å². The number of ether oxygens (including phenoxy) is 1. The molecule has 102 valence electrons. The van der Waals surface area contributed by atoms with E-state index >= 15 is 0 Å². The Morgan fingerprint density at radius 3 is 2.53 bits per heavy atom. The fraction of sp³-hybridized carbons (Fsp3) is 0.200. The second-order valence-corrected chi connectivity index (χ2v) is 6.53. The number of nitrogens with zero attached hydrogens (tertiary/aromatic N) is 2. The zero-order chi connectivity index (χ0) is 13.9. The van der Waals surface area contributed by atoms with Gasteiger partial charge in [0.2, 0.25) is 9.47 Å². The van der Waals surface area contributed by atoms with Crippen LogP contribution < -0.4 is 15.2 Å². The van der Waals surface area contributed by atoms with Crippen LogP contribution in [0.25, 0.3) is 0 Å². The standard InChI is InChI=1S/C10H12N4O3S2/c1-17-8-4-2-7(3-5-8)6-12-19(15,16)10-14-13-9(11)18-10/h2-5,12H,6H2,1H3,(H2,11,13). The number of benzene rings is 1. The molecule has 1 aromatic carbocycles. The second kappa shape index (κ2) is 5.51. The zero-order valence-electron chi connectivity index (χ0n) is 10.0. The van der Waals surface area contributed by atoms with E-state index in [9.17, 15) is 8.42 Å². The van der Waals surface area contributed by atoms with E-state index < -0.39 is 10.0 Å². The highest BCUT2D eigenvalue weighted by Gasteiger charge is 2.18. The molecule has 2 aromatic rings. The van der Waals surface area contributed by atoms with Gasteiger partial charge in [0, 0.05) is 6.54 Å². The molecule has 3 N–H and O–H groups in total. The van der Waals surface area contributed by atoms with Gasteiger partial charge < -0.3 is 10.5 Å². The van der Waals surface area contributed by atoms with Gasteiger partial charge in [-0.3, -0.25) is 0 Å². The van der Waals surface area contributed by atoms with Crippen molar-refractivity contribution in [1.82, 2.24) is 14.9 Å². The molecule has 0 atom stereocenters. The monoisotopic (exact) mass is 300 g/mol. The van der Waals surface area contributed by atoms with Crippen LogP contribution in [0.1, 0.15) is 5.56 Å². The summed E-state index contributed by atoms with van der Waals surface area (Å²) < 4.78 is 31.0. The molecule has 0 amide bonds. The topological polar surface area (TPSA) is 107 Å². The van der Waals surface area contributed by atoms with Crippen molar-refractivity contribution in [3.63, 3.8) is 0 Å². The number of sulfonamides is 1. The maximum Gasteiger partial charge on any atom is 0.270 e. The highest BCUT2D eigenvalue weighted by Crippen LogP contribution is 2.17. The van der Waals surface area contributed by atoms with Gasteiger partial charge in [0.15, 0.2) is 0 Å². The average Bonchev–Trinajstić information content (AvgIpc) is 2.85. The summed E-state index contributed by atoms with van der Waals surface area (Å²) in [6, 6.07) is 7.06. The van der Waals surface area contributed by atoms with Crippen LogP contribution in [0.2, 0.25) is 0 Å². The minimum atomic E-state index is -3.67. The lowest BCUT2D eigenvalue weighted by Crippen LogP contribution is -2.23. The number of rotatable bonds is 5. The Hall–Kier alpha value is -1.71. The van der Waals surface area contributed by atoms with Crippen LogP contribution >= 0.6 is 11.3 Å². The molecule has 0 aliphatic rings. The Labute approximate surface area is 114 Å². The third kappa shape index (κ3) is 3.40. The molecule has 0 saturated carbocycles. The molecule has 1 heterocycles. The Bertz CT molecular complexity index is 652. The molecule has 2 rings (SSSR count). The molecule has 9 heteroatoms. The van der Waals surface area contributed by atoms with Crippen LogP contribution in [0, 0.1) is 0 Å². The molecule has 0 bridgehead atoms. The van der Waals surface area contributed by atoms with Gasteiger partial charge in [-0.15, -0.1) is 10.2 Å². The van der Waals surface area contributed by atoms with E-state index in [1.807, 2.05) is 0 Å². The first-order valence-corrected chi connectivity index (χ1v) is 7.53. The van der Waals surface area contributed by atoms with Crippen molar-refractivity contribution in [2.24, 2.45) is 0 Å². The van der Waals surface area contributed by atoms with E-state index in [2.05, 4.69) is 14.9 Å². The summed E-state index contributed by atoms with van der Waals surface area (Å²) >= 11 is 0.821. The Morgan fingerprint density at radius 2 is 2.00 bits per heavy atom. The van der Waals surface area contributed by atoms with Crippen molar-refractivity contribution in [3.05, 3.63) is 29.8 Å². The molecule has 7 nitrogen and oxygen atoms in total. The average molecular weight is 300 g/mol. The summed E-state index contributed by atoms with van der Waals surface area (Å²) in [5, 5.41) is 7.09. The van der Waals surface area contributed by atoms with Gasteiger partial charge in [-0.05, 0) is 17.7 Å². The van der Waals surface area contributed by atoms with Gasteiger partial charge in [0.1, 0.15) is 5.75 Å². The molecule has 0 saturated heterocycles. The molecule has 0 aliphatic heterocycles. The molecule has 0 spiro atoms. The van der Waals surface area contributed by atoms with Crippen molar-refractivity contribution >= 4 is 26.5 Å². The molecule has 0 fully saturated rings. The van der Waals surface area contributed by atoms with Crippen LogP contribution in [0.3, 0.4) is 0 Å². The lowest BCUT2D eigenvalue weighted by Gasteiger charge is -2.05. The minimum Gasteiger partial charge on any atom is -0.497 e. The fourth-order valence-corrected chi connectivity index (χ4v) is 3.15. The van der Waals surface area contributed by atoms with Gasteiger partial charge in [0.25, 0.3) is 10.0 Å². The number of anilines is 1. The predicted molar refractivity (Wildman–Crippen MR) is 71.3 cm³/mol. The van der Waals surface area contributed by atoms with E-state index in [1.54, 1.807) is 31.4 Å². The summed E-state index contributed by atoms with van der Waals surface area (Å²) in [7, 11) is -2.10. The first-order valence-electron chi connectivity index (χ1n) is 5.23.